The SMILES string of the molecule is C=C(NCCN=C/C=C(\N)c1ccc(C)c(Cl)c1)c1cc(C(C)C)[nH]n1. The molecule has 26 heavy (non-hydrogen) atoms. The van der Waals surface area contributed by atoms with E-state index in [-0.39, 0.29) is 0 Å². The first kappa shape index (κ1) is 19.8. The van der Waals surface area contributed by atoms with Crippen molar-refractivity contribution in [3.05, 3.63) is 64.5 Å². The molecule has 0 aliphatic heterocycles. The van der Waals surface area contributed by atoms with E-state index in [2.05, 4.69) is 40.9 Å². The van der Waals surface area contributed by atoms with Gasteiger partial charge in [-0.2, -0.15) is 5.10 Å². The number of hydrogen-bond donors (Lipinski definition) is 3. The zero-order valence-corrected chi connectivity index (χ0v) is 16.3. The lowest BCUT2D eigenvalue weighted by molar-refractivity contribution is 0.809. The monoisotopic (exact) mass is 371 g/mol. The van der Waals surface area contributed by atoms with Gasteiger partial charge in [0.2, 0.25) is 0 Å². The normalized spacial score (nSPS) is 12.1. The third kappa shape index (κ3) is 5.49. The molecule has 0 radical (unpaired) electrons. The van der Waals surface area contributed by atoms with Crippen molar-refractivity contribution < 1.29 is 0 Å². The molecule has 1 aromatic heterocycles. The van der Waals surface area contributed by atoms with Crippen LogP contribution in [0.4, 0.5) is 0 Å². The highest BCUT2D eigenvalue weighted by atomic mass is 35.5. The smallest absolute Gasteiger partial charge is 0.108 e. The van der Waals surface area contributed by atoms with E-state index in [0.717, 1.165) is 28.2 Å². The first-order chi connectivity index (χ1) is 12.4. The summed E-state index contributed by atoms with van der Waals surface area (Å²) in [5.41, 5.74) is 11.3. The van der Waals surface area contributed by atoms with Crippen LogP contribution in [0.1, 0.15) is 42.3 Å². The van der Waals surface area contributed by atoms with Crippen molar-refractivity contribution in [2.45, 2.75) is 26.7 Å². The number of allylic oxidation sites excluding steroid dienone is 1. The molecule has 4 N–H and O–H groups in total. The highest BCUT2D eigenvalue weighted by Crippen LogP contribution is 2.19. The summed E-state index contributed by atoms with van der Waals surface area (Å²) in [7, 11) is 0. The summed E-state index contributed by atoms with van der Waals surface area (Å²) in [5, 5.41) is 11.2. The molecular weight excluding hydrogens is 346 g/mol. The van der Waals surface area contributed by atoms with Crippen LogP contribution >= 0.6 is 11.6 Å². The summed E-state index contributed by atoms with van der Waals surface area (Å²) >= 11 is 6.12. The summed E-state index contributed by atoms with van der Waals surface area (Å²) in [5.74, 6) is 0.411. The van der Waals surface area contributed by atoms with Gasteiger partial charge in [-0.1, -0.05) is 44.2 Å². The minimum atomic E-state index is 0.411. The quantitative estimate of drug-likeness (QED) is 0.482. The van der Waals surface area contributed by atoms with Crippen LogP contribution in [-0.4, -0.2) is 29.5 Å². The summed E-state index contributed by atoms with van der Waals surface area (Å²) in [6.45, 7) is 11.5. The molecule has 138 valence electrons. The predicted molar refractivity (Wildman–Crippen MR) is 111 cm³/mol. The van der Waals surface area contributed by atoms with Crippen molar-refractivity contribution in [3.8, 4) is 0 Å². The maximum absolute atomic E-state index is 6.12. The van der Waals surface area contributed by atoms with E-state index in [1.165, 1.54) is 0 Å². The molecule has 0 fully saturated rings. The van der Waals surface area contributed by atoms with Crippen molar-refractivity contribution in [3.63, 3.8) is 0 Å². The molecule has 0 saturated heterocycles. The molecule has 0 atom stereocenters. The topological polar surface area (TPSA) is 79.1 Å². The van der Waals surface area contributed by atoms with Crippen molar-refractivity contribution in [1.29, 1.82) is 0 Å². The Bertz CT molecular complexity index is 817. The number of hydrogen-bond acceptors (Lipinski definition) is 4. The van der Waals surface area contributed by atoms with Crippen molar-refractivity contribution in [2.75, 3.05) is 13.1 Å². The standard InChI is InChI=1S/C20H26ClN5/c1-13(2)19-12-20(26-25-19)15(4)24-10-9-23-8-7-18(22)16-6-5-14(3)17(21)11-16/h5-8,11-13,24H,4,9-10,22H2,1-3H3,(H,25,26)/b18-7-,23-8?. The second-order valence-electron chi connectivity index (χ2n) is 6.41. The zero-order valence-electron chi connectivity index (χ0n) is 15.5. The molecule has 2 rings (SSSR count). The Morgan fingerprint density at radius 2 is 2.19 bits per heavy atom. The number of nitrogens with two attached hydrogens (primary N) is 1. The van der Waals surface area contributed by atoms with Gasteiger partial charge in [0, 0.05) is 29.2 Å². The maximum Gasteiger partial charge on any atom is 0.108 e. The Kier molecular flexibility index (Phi) is 7.04. The van der Waals surface area contributed by atoms with Gasteiger partial charge in [0.25, 0.3) is 0 Å². The van der Waals surface area contributed by atoms with E-state index in [9.17, 15) is 0 Å². The molecule has 0 aliphatic rings. The molecule has 2 aromatic rings. The maximum atomic E-state index is 6.12. The molecule has 6 heteroatoms. The molecule has 0 unspecified atom stereocenters. The molecule has 0 bridgehead atoms. The Balaban J connectivity index is 1.79. The van der Waals surface area contributed by atoms with Gasteiger partial charge in [0.05, 0.1) is 12.2 Å². The number of benzene rings is 1. The number of halogens is 1. The number of aromatic amines is 1. The van der Waals surface area contributed by atoms with Gasteiger partial charge in [0.15, 0.2) is 0 Å². The Labute approximate surface area is 160 Å². The van der Waals surface area contributed by atoms with Crippen LogP contribution in [0.2, 0.25) is 5.02 Å². The number of nitrogens with zero attached hydrogens (tertiary/aromatic N) is 2. The van der Waals surface area contributed by atoms with Crippen LogP contribution in [0.15, 0.2) is 41.9 Å². The molecule has 0 amide bonds. The zero-order chi connectivity index (χ0) is 19.1. The van der Waals surface area contributed by atoms with Crippen molar-refractivity contribution in [2.24, 2.45) is 10.7 Å². The predicted octanol–water partition coefficient (Wildman–Crippen LogP) is 4.13. The number of rotatable bonds is 8. The van der Waals surface area contributed by atoms with Gasteiger partial charge in [-0.3, -0.25) is 10.1 Å². The molecule has 0 saturated carbocycles. The van der Waals surface area contributed by atoms with Crippen LogP contribution in [-0.2, 0) is 0 Å². The lowest BCUT2D eigenvalue weighted by Crippen LogP contribution is -2.15. The summed E-state index contributed by atoms with van der Waals surface area (Å²) in [6, 6.07) is 7.77. The van der Waals surface area contributed by atoms with Crippen LogP contribution in [0, 0.1) is 6.92 Å². The fraction of sp³-hybridized carbons (Fsp3) is 0.300. The van der Waals surface area contributed by atoms with Gasteiger partial charge in [-0.05, 0) is 42.2 Å². The molecule has 0 spiro atoms. The average molecular weight is 372 g/mol. The molecule has 1 aromatic carbocycles. The molecule has 0 aliphatic carbocycles. The van der Waals surface area contributed by atoms with Gasteiger partial charge in [-0.25, -0.2) is 0 Å². The van der Waals surface area contributed by atoms with Gasteiger partial charge in [-0.15, -0.1) is 0 Å². The lowest BCUT2D eigenvalue weighted by atomic mass is 10.1. The Hall–Kier alpha value is -2.53. The second-order valence-corrected chi connectivity index (χ2v) is 6.82. The third-order valence-corrected chi connectivity index (χ3v) is 4.38. The molecule has 1 heterocycles. The largest absolute Gasteiger partial charge is 0.398 e. The fourth-order valence-electron chi connectivity index (χ4n) is 2.23. The van der Waals surface area contributed by atoms with Crippen molar-refractivity contribution in [1.82, 2.24) is 15.5 Å². The van der Waals surface area contributed by atoms with E-state index >= 15 is 0 Å². The number of nitrogens with one attached hydrogen (secondary N) is 2. The summed E-state index contributed by atoms with van der Waals surface area (Å²) in [4.78, 5) is 4.33. The van der Waals surface area contributed by atoms with Crippen LogP contribution in [0.3, 0.4) is 0 Å². The highest BCUT2D eigenvalue weighted by Gasteiger charge is 2.06. The van der Waals surface area contributed by atoms with Gasteiger partial charge in [0.1, 0.15) is 5.69 Å². The van der Waals surface area contributed by atoms with E-state index in [4.69, 9.17) is 17.3 Å². The number of aryl methyl sites for hydroxylation is 1. The van der Waals surface area contributed by atoms with Crippen LogP contribution < -0.4 is 11.1 Å². The van der Waals surface area contributed by atoms with Gasteiger partial charge >= 0.3 is 0 Å². The molecular formula is C20H26ClN5. The van der Waals surface area contributed by atoms with Crippen LogP contribution in [0.5, 0.6) is 0 Å². The summed E-state index contributed by atoms with van der Waals surface area (Å²) in [6.07, 6.45) is 3.48. The first-order valence-corrected chi connectivity index (χ1v) is 8.97. The first-order valence-electron chi connectivity index (χ1n) is 8.59. The third-order valence-electron chi connectivity index (χ3n) is 3.97. The second kappa shape index (κ2) is 9.25. The highest BCUT2D eigenvalue weighted by molar-refractivity contribution is 6.31. The summed E-state index contributed by atoms with van der Waals surface area (Å²) < 4.78 is 0. The minimum Gasteiger partial charge on any atom is -0.398 e. The van der Waals surface area contributed by atoms with E-state index in [0.29, 0.717) is 29.7 Å². The lowest BCUT2D eigenvalue weighted by Gasteiger charge is -2.05. The Morgan fingerprint density at radius 3 is 2.85 bits per heavy atom. The minimum absolute atomic E-state index is 0.411. The van der Waals surface area contributed by atoms with E-state index in [1.54, 1.807) is 12.3 Å². The van der Waals surface area contributed by atoms with E-state index < -0.39 is 0 Å². The number of aliphatic imine (C=N–C) groups is 1. The van der Waals surface area contributed by atoms with Crippen LogP contribution in [0.25, 0.3) is 11.4 Å². The molecule has 5 nitrogen and oxygen atoms in total. The average Bonchev–Trinajstić information content (AvgIpc) is 3.10. The number of aromatic nitrogens is 2. The number of H-pyrrole nitrogens is 1. The fourth-order valence-corrected chi connectivity index (χ4v) is 2.41. The van der Waals surface area contributed by atoms with E-state index in [1.807, 2.05) is 31.2 Å². The van der Waals surface area contributed by atoms with Gasteiger partial charge < -0.3 is 11.1 Å². The Morgan fingerprint density at radius 1 is 1.42 bits per heavy atom. The van der Waals surface area contributed by atoms with Crippen molar-refractivity contribution >= 4 is 29.2 Å².